The highest BCUT2D eigenvalue weighted by Crippen LogP contribution is 2.40. The van der Waals surface area contributed by atoms with Crippen molar-refractivity contribution in [3.8, 4) is 0 Å². The molecule has 1 aromatic heterocycles. The number of benzene rings is 1. The summed E-state index contributed by atoms with van der Waals surface area (Å²) >= 11 is 0. The van der Waals surface area contributed by atoms with Crippen molar-refractivity contribution in [2.45, 2.75) is 44.1 Å². The molecule has 1 saturated carbocycles. The first-order chi connectivity index (χ1) is 10.4. The molecular formula is C17H21N3O. The molecule has 0 atom stereocenters. The van der Waals surface area contributed by atoms with E-state index in [-0.39, 0.29) is 0 Å². The predicted molar refractivity (Wildman–Crippen MR) is 80.0 cm³/mol. The van der Waals surface area contributed by atoms with Gasteiger partial charge in [-0.2, -0.15) is 0 Å². The Bertz CT molecular complexity index is 583. The van der Waals surface area contributed by atoms with E-state index in [4.69, 9.17) is 4.42 Å². The Labute approximate surface area is 125 Å². The van der Waals surface area contributed by atoms with Crippen LogP contribution in [0, 0.1) is 0 Å². The van der Waals surface area contributed by atoms with Crippen LogP contribution >= 0.6 is 0 Å². The van der Waals surface area contributed by atoms with Gasteiger partial charge in [0, 0.05) is 18.4 Å². The third-order valence-electron chi connectivity index (χ3n) is 4.57. The van der Waals surface area contributed by atoms with Gasteiger partial charge in [0.2, 0.25) is 11.8 Å². The fourth-order valence-corrected chi connectivity index (χ4v) is 3.09. The maximum atomic E-state index is 5.86. The molecule has 21 heavy (non-hydrogen) atoms. The minimum atomic E-state index is 0.456. The fraction of sp³-hybridized carbons (Fsp3) is 0.529. The molecule has 4 nitrogen and oxygen atoms in total. The average Bonchev–Trinajstić information content (AvgIpc) is 3.27. The third-order valence-corrected chi connectivity index (χ3v) is 4.57. The van der Waals surface area contributed by atoms with E-state index >= 15 is 0 Å². The summed E-state index contributed by atoms with van der Waals surface area (Å²) in [5, 5.41) is 8.48. The van der Waals surface area contributed by atoms with Crippen molar-refractivity contribution in [2.75, 3.05) is 13.1 Å². The molecule has 0 bridgehead atoms. The maximum Gasteiger partial charge on any atom is 0.219 e. The molecule has 0 spiro atoms. The summed E-state index contributed by atoms with van der Waals surface area (Å²) in [5.41, 5.74) is 1.39. The van der Waals surface area contributed by atoms with Crippen molar-refractivity contribution in [3.63, 3.8) is 0 Å². The number of hydrogen-bond acceptors (Lipinski definition) is 4. The summed E-state index contributed by atoms with van der Waals surface area (Å²) in [6.07, 6.45) is 4.69. The van der Waals surface area contributed by atoms with Crippen molar-refractivity contribution in [3.05, 3.63) is 47.7 Å². The first kappa shape index (κ1) is 13.0. The topological polar surface area (TPSA) is 42.2 Å². The Hall–Kier alpha value is -1.68. The molecule has 1 aromatic carbocycles. The smallest absolute Gasteiger partial charge is 0.219 e. The van der Waals surface area contributed by atoms with Crippen LogP contribution in [0.15, 0.2) is 34.7 Å². The second kappa shape index (κ2) is 5.60. The molecule has 0 unspecified atom stereocenters. The van der Waals surface area contributed by atoms with Gasteiger partial charge < -0.3 is 4.42 Å². The lowest BCUT2D eigenvalue weighted by atomic mass is 9.96. The van der Waals surface area contributed by atoms with E-state index in [0.717, 1.165) is 44.3 Å². The van der Waals surface area contributed by atoms with Crippen LogP contribution in [-0.4, -0.2) is 28.2 Å². The molecule has 1 saturated heterocycles. The zero-order chi connectivity index (χ0) is 14.1. The number of nitrogens with zero attached hydrogens (tertiary/aromatic N) is 3. The first-order valence-corrected chi connectivity index (χ1v) is 7.98. The van der Waals surface area contributed by atoms with Crippen LogP contribution in [0.3, 0.4) is 0 Å². The van der Waals surface area contributed by atoms with Crippen molar-refractivity contribution in [1.29, 1.82) is 0 Å². The van der Waals surface area contributed by atoms with Gasteiger partial charge in [0.25, 0.3) is 0 Å². The highest BCUT2D eigenvalue weighted by atomic mass is 16.4. The number of hydrogen-bond donors (Lipinski definition) is 0. The van der Waals surface area contributed by atoms with E-state index in [1.807, 2.05) is 0 Å². The lowest BCUT2D eigenvalue weighted by Gasteiger charge is -2.30. The van der Waals surface area contributed by atoms with E-state index in [0.29, 0.717) is 11.8 Å². The monoisotopic (exact) mass is 283 g/mol. The predicted octanol–water partition coefficient (Wildman–Crippen LogP) is 3.33. The van der Waals surface area contributed by atoms with Gasteiger partial charge >= 0.3 is 0 Å². The van der Waals surface area contributed by atoms with E-state index in [9.17, 15) is 0 Å². The standard InChI is InChI=1S/C17H21N3O/c1-2-4-13(5-3-1)12-20-10-8-15(9-11-20)17-19-18-16(21-17)14-6-7-14/h1-5,14-15H,6-12H2. The average molecular weight is 283 g/mol. The first-order valence-electron chi connectivity index (χ1n) is 7.98. The molecule has 4 rings (SSSR count). The summed E-state index contributed by atoms with van der Waals surface area (Å²) in [6, 6.07) is 10.7. The van der Waals surface area contributed by atoms with Gasteiger partial charge in [-0.1, -0.05) is 30.3 Å². The Morgan fingerprint density at radius 2 is 1.52 bits per heavy atom. The second-order valence-corrected chi connectivity index (χ2v) is 6.29. The van der Waals surface area contributed by atoms with Crippen LogP contribution in [0.4, 0.5) is 0 Å². The second-order valence-electron chi connectivity index (χ2n) is 6.29. The lowest BCUT2D eigenvalue weighted by molar-refractivity contribution is 0.192. The Morgan fingerprint density at radius 1 is 0.905 bits per heavy atom. The van der Waals surface area contributed by atoms with Crippen molar-refractivity contribution in [1.82, 2.24) is 15.1 Å². The van der Waals surface area contributed by atoms with E-state index < -0.39 is 0 Å². The van der Waals surface area contributed by atoms with Gasteiger partial charge in [-0.15, -0.1) is 10.2 Å². The number of piperidine rings is 1. The van der Waals surface area contributed by atoms with Gasteiger partial charge in [-0.25, -0.2) is 0 Å². The van der Waals surface area contributed by atoms with Crippen LogP contribution in [0.1, 0.15) is 54.9 Å². The van der Waals surface area contributed by atoms with Gasteiger partial charge in [0.05, 0.1) is 0 Å². The molecule has 2 fully saturated rings. The van der Waals surface area contributed by atoms with Gasteiger partial charge in [-0.3, -0.25) is 4.90 Å². The summed E-state index contributed by atoms with van der Waals surface area (Å²) in [7, 11) is 0. The van der Waals surface area contributed by atoms with Crippen molar-refractivity contribution in [2.24, 2.45) is 0 Å². The molecule has 0 radical (unpaired) electrons. The summed E-state index contributed by atoms with van der Waals surface area (Å²) in [6.45, 7) is 3.27. The third kappa shape index (κ3) is 3.00. The molecular weight excluding hydrogens is 262 g/mol. The molecule has 2 aromatic rings. The van der Waals surface area contributed by atoms with Gasteiger partial charge in [-0.05, 0) is 44.3 Å². The fourth-order valence-electron chi connectivity index (χ4n) is 3.09. The van der Waals surface area contributed by atoms with Crippen LogP contribution in [0.5, 0.6) is 0 Å². The lowest BCUT2D eigenvalue weighted by Crippen LogP contribution is -2.32. The van der Waals surface area contributed by atoms with Gasteiger partial charge in [0.15, 0.2) is 0 Å². The Kier molecular flexibility index (Phi) is 3.47. The maximum absolute atomic E-state index is 5.86. The minimum Gasteiger partial charge on any atom is -0.425 e. The molecule has 4 heteroatoms. The van der Waals surface area contributed by atoms with Crippen LogP contribution in [0.2, 0.25) is 0 Å². The Morgan fingerprint density at radius 3 is 2.14 bits per heavy atom. The molecule has 2 heterocycles. The van der Waals surface area contributed by atoms with Crippen LogP contribution in [-0.2, 0) is 6.54 Å². The van der Waals surface area contributed by atoms with Crippen LogP contribution in [0.25, 0.3) is 0 Å². The zero-order valence-corrected chi connectivity index (χ0v) is 12.2. The van der Waals surface area contributed by atoms with E-state index in [1.54, 1.807) is 0 Å². The molecule has 110 valence electrons. The molecule has 0 amide bonds. The number of rotatable bonds is 4. The SMILES string of the molecule is c1ccc(CN2CCC(c3nnc(C4CC4)o3)CC2)cc1. The minimum absolute atomic E-state index is 0.456. The van der Waals surface area contributed by atoms with Crippen LogP contribution < -0.4 is 0 Å². The van der Waals surface area contributed by atoms with Crippen molar-refractivity contribution >= 4 is 0 Å². The number of aromatic nitrogens is 2. The summed E-state index contributed by atoms with van der Waals surface area (Å²) < 4.78 is 5.86. The highest BCUT2D eigenvalue weighted by molar-refractivity contribution is 5.14. The quantitative estimate of drug-likeness (QED) is 0.863. The normalized spacial score (nSPS) is 20.8. The molecule has 0 N–H and O–H groups in total. The molecule has 2 aliphatic rings. The largest absolute Gasteiger partial charge is 0.425 e. The molecule has 1 aliphatic carbocycles. The summed E-state index contributed by atoms with van der Waals surface area (Å²) in [5.74, 6) is 2.76. The Balaban J connectivity index is 1.33. The summed E-state index contributed by atoms with van der Waals surface area (Å²) in [4.78, 5) is 2.52. The molecule has 1 aliphatic heterocycles. The zero-order valence-electron chi connectivity index (χ0n) is 12.2. The van der Waals surface area contributed by atoms with Crippen molar-refractivity contribution < 1.29 is 4.42 Å². The van der Waals surface area contributed by atoms with E-state index in [1.165, 1.54) is 18.4 Å². The van der Waals surface area contributed by atoms with E-state index in [2.05, 4.69) is 45.4 Å². The van der Waals surface area contributed by atoms with Gasteiger partial charge in [0.1, 0.15) is 0 Å². The number of likely N-dealkylation sites (tertiary alicyclic amines) is 1. The highest BCUT2D eigenvalue weighted by Gasteiger charge is 2.31.